The molecule has 0 N–H and O–H groups in total. The van der Waals surface area contributed by atoms with Crippen LogP contribution in [0.3, 0.4) is 0 Å². The lowest BCUT2D eigenvalue weighted by atomic mass is 10.0. The van der Waals surface area contributed by atoms with Crippen LogP contribution in [-0.4, -0.2) is 16.8 Å². The lowest BCUT2D eigenvalue weighted by Crippen LogP contribution is -2.08. The Morgan fingerprint density at radius 1 is 1.05 bits per heavy atom. The molecule has 0 fully saturated rings. The molecular weight excluding hydrogens is 264 g/mol. The SMILES string of the molecule is CCCCSC(CCCC)CCC(=O)c1ccccc1. The fraction of sp³-hybridized carbons (Fsp3) is 0.611. The number of carbonyl (C=O) groups is 1. The van der Waals surface area contributed by atoms with E-state index < -0.39 is 0 Å². The summed E-state index contributed by atoms with van der Waals surface area (Å²) in [5.74, 6) is 1.54. The highest BCUT2D eigenvalue weighted by Crippen LogP contribution is 2.24. The summed E-state index contributed by atoms with van der Waals surface area (Å²) in [6, 6.07) is 9.69. The minimum absolute atomic E-state index is 0.295. The average molecular weight is 292 g/mol. The van der Waals surface area contributed by atoms with Crippen LogP contribution < -0.4 is 0 Å². The van der Waals surface area contributed by atoms with Gasteiger partial charge in [0.25, 0.3) is 0 Å². The normalized spacial score (nSPS) is 12.3. The lowest BCUT2D eigenvalue weighted by molar-refractivity contribution is 0.0979. The van der Waals surface area contributed by atoms with Crippen molar-refractivity contribution >= 4 is 17.5 Å². The molecule has 1 atom stereocenters. The van der Waals surface area contributed by atoms with E-state index in [4.69, 9.17) is 0 Å². The lowest BCUT2D eigenvalue weighted by Gasteiger charge is -2.15. The molecule has 0 amide bonds. The van der Waals surface area contributed by atoms with Crippen molar-refractivity contribution in [2.45, 2.75) is 64.0 Å². The minimum atomic E-state index is 0.295. The summed E-state index contributed by atoms with van der Waals surface area (Å²) in [4.78, 5) is 12.1. The molecule has 0 radical (unpaired) electrons. The van der Waals surface area contributed by atoms with Crippen molar-refractivity contribution in [3.63, 3.8) is 0 Å². The largest absolute Gasteiger partial charge is 0.294 e. The number of hydrogen-bond acceptors (Lipinski definition) is 2. The van der Waals surface area contributed by atoms with E-state index in [2.05, 4.69) is 25.6 Å². The molecule has 112 valence electrons. The van der Waals surface area contributed by atoms with Gasteiger partial charge in [-0.25, -0.2) is 0 Å². The summed E-state index contributed by atoms with van der Waals surface area (Å²) in [5, 5.41) is 0.661. The van der Waals surface area contributed by atoms with Gasteiger partial charge in [0.2, 0.25) is 0 Å². The molecule has 0 aliphatic rings. The van der Waals surface area contributed by atoms with Gasteiger partial charge in [0.15, 0.2) is 5.78 Å². The van der Waals surface area contributed by atoms with Gasteiger partial charge in [0.1, 0.15) is 0 Å². The summed E-state index contributed by atoms with van der Waals surface area (Å²) in [7, 11) is 0. The molecule has 0 spiro atoms. The second-order valence-corrected chi connectivity index (χ2v) is 6.72. The van der Waals surface area contributed by atoms with Gasteiger partial charge >= 0.3 is 0 Å². The Kier molecular flexibility index (Phi) is 9.48. The van der Waals surface area contributed by atoms with Crippen molar-refractivity contribution in [3.8, 4) is 0 Å². The Morgan fingerprint density at radius 3 is 2.40 bits per heavy atom. The quantitative estimate of drug-likeness (QED) is 0.382. The number of unbranched alkanes of at least 4 members (excludes halogenated alkanes) is 2. The van der Waals surface area contributed by atoms with Crippen LogP contribution in [0.4, 0.5) is 0 Å². The first-order chi connectivity index (χ1) is 9.77. The van der Waals surface area contributed by atoms with Crippen molar-refractivity contribution in [1.82, 2.24) is 0 Å². The number of thioether (sulfide) groups is 1. The second kappa shape index (κ2) is 11.0. The molecule has 1 rings (SSSR count). The van der Waals surface area contributed by atoms with Crippen LogP contribution >= 0.6 is 11.8 Å². The first-order valence-electron chi connectivity index (χ1n) is 7.97. The average Bonchev–Trinajstić information content (AvgIpc) is 2.50. The molecule has 2 heteroatoms. The molecule has 1 nitrogen and oxygen atoms in total. The highest BCUT2D eigenvalue weighted by molar-refractivity contribution is 7.99. The van der Waals surface area contributed by atoms with E-state index in [1.54, 1.807) is 0 Å². The Balaban J connectivity index is 2.38. The van der Waals surface area contributed by atoms with Crippen LogP contribution in [-0.2, 0) is 0 Å². The minimum Gasteiger partial charge on any atom is -0.294 e. The number of Topliss-reactive ketones (excluding diaryl/α,β-unsaturated/α-hetero) is 1. The van der Waals surface area contributed by atoms with Crippen LogP contribution in [0.1, 0.15) is 69.2 Å². The van der Waals surface area contributed by atoms with Gasteiger partial charge in [-0.1, -0.05) is 63.4 Å². The van der Waals surface area contributed by atoms with Crippen LogP contribution in [0.15, 0.2) is 30.3 Å². The third-order valence-corrected chi connectivity index (χ3v) is 4.99. The third-order valence-electron chi connectivity index (χ3n) is 3.52. The Bertz CT molecular complexity index is 361. The monoisotopic (exact) mass is 292 g/mol. The number of carbonyl (C=O) groups excluding carboxylic acids is 1. The molecule has 0 aliphatic carbocycles. The van der Waals surface area contributed by atoms with Gasteiger partial charge in [-0.3, -0.25) is 4.79 Å². The second-order valence-electron chi connectivity index (χ2n) is 5.32. The zero-order valence-electron chi connectivity index (χ0n) is 12.9. The van der Waals surface area contributed by atoms with E-state index in [9.17, 15) is 4.79 Å². The summed E-state index contributed by atoms with van der Waals surface area (Å²) in [6.07, 6.45) is 8.06. The van der Waals surface area contributed by atoms with Crippen LogP contribution in [0.2, 0.25) is 0 Å². The summed E-state index contributed by atoms with van der Waals surface area (Å²) in [6.45, 7) is 4.48. The van der Waals surface area contributed by atoms with Crippen molar-refractivity contribution in [1.29, 1.82) is 0 Å². The molecule has 1 aromatic rings. The van der Waals surface area contributed by atoms with Crippen LogP contribution in [0, 0.1) is 0 Å². The van der Waals surface area contributed by atoms with E-state index in [1.807, 2.05) is 30.3 Å². The molecule has 0 saturated carbocycles. The Morgan fingerprint density at radius 2 is 1.75 bits per heavy atom. The van der Waals surface area contributed by atoms with Gasteiger partial charge in [-0.05, 0) is 25.0 Å². The topological polar surface area (TPSA) is 17.1 Å². The number of benzene rings is 1. The predicted molar refractivity (Wildman–Crippen MR) is 90.7 cm³/mol. The maximum Gasteiger partial charge on any atom is 0.162 e. The Hall–Kier alpha value is -0.760. The number of rotatable bonds is 11. The summed E-state index contributed by atoms with van der Waals surface area (Å²) in [5.41, 5.74) is 0.861. The van der Waals surface area contributed by atoms with Gasteiger partial charge in [0, 0.05) is 17.2 Å². The van der Waals surface area contributed by atoms with E-state index in [1.165, 1.54) is 37.9 Å². The maximum absolute atomic E-state index is 12.1. The standard InChI is InChI=1S/C18H28OS/c1-3-5-12-17(20-15-6-4-2)13-14-18(19)16-10-8-7-9-11-16/h7-11,17H,3-6,12-15H2,1-2H3. The van der Waals surface area contributed by atoms with E-state index in [0.29, 0.717) is 17.5 Å². The molecular formula is C18H28OS. The molecule has 1 unspecified atom stereocenters. The van der Waals surface area contributed by atoms with Crippen molar-refractivity contribution in [3.05, 3.63) is 35.9 Å². The van der Waals surface area contributed by atoms with Crippen molar-refractivity contribution < 1.29 is 4.79 Å². The third kappa shape index (κ3) is 7.14. The van der Waals surface area contributed by atoms with Gasteiger partial charge in [0.05, 0.1) is 0 Å². The smallest absolute Gasteiger partial charge is 0.162 e. The molecule has 20 heavy (non-hydrogen) atoms. The molecule has 0 heterocycles. The van der Waals surface area contributed by atoms with Gasteiger partial charge < -0.3 is 0 Å². The van der Waals surface area contributed by atoms with E-state index in [0.717, 1.165) is 12.0 Å². The zero-order chi connectivity index (χ0) is 14.6. The first-order valence-corrected chi connectivity index (χ1v) is 9.02. The number of hydrogen-bond donors (Lipinski definition) is 0. The van der Waals surface area contributed by atoms with Crippen LogP contribution in [0.5, 0.6) is 0 Å². The van der Waals surface area contributed by atoms with Crippen molar-refractivity contribution in [2.24, 2.45) is 0 Å². The molecule has 0 aromatic heterocycles. The van der Waals surface area contributed by atoms with E-state index in [-0.39, 0.29) is 0 Å². The predicted octanol–water partition coefficient (Wildman–Crippen LogP) is 5.74. The summed E-state index contributed by atoms with van der Waals surface area (Å²) < 4.78 is 0. The zero-order valence-corrected chi connectivity index (χ0v) is 13.8. The highest BCUT2D eigenvalue weighted by atomic mass is 32.2. The fourth-order valence-electron chi connectivity index (χ4n) is 2.20. The molecule has 0 bridgehead atoms. The van der Waals surface area contributed by atoms with Gasteiger partial charge in [-0.15, -0.1) is 0 Å². The molecule has 0 saturated heterocycles. The molecule has 1 aromatic carbocycles. The van der Waals surface area contributed by atoms with Gasteiger partial charge in [-0.2, -0.15) is 11.8 Å². The molecule has 0 aliphatic heterocycles. The van der Waals surface area contributed by atoms with Crippen LogP contribution in [0.25, 0.3) is 0 Å². The Labute approximate surface area is 128 Å². The summed E-state index contributed by atoms with van der Waals surface area (Å²) >= 11 is 2.07. The van der Waals surface area contributed by atoms with E-state index >= 15 is 0 Å². The number of ketones is 1. The maximum atomic E-state index is 12.1. The fourth-order valence-corrected chi connectivity index (χ4v) is 3.60. The first kappa shape index (κ1) is 17.3. The van der Waals surface area contributed by atoms with Crippen molar-refractivity contribution in [2.75, 3.05) is 5.75 Å². The highest BCUT2D eigenvalue weighted by Gasteiger charge is 2.12.